The van der Waals surface area contributed by atoms with Gasteiger partial charge < -0.3 is 19.8 Å². The molecule has 5 aliphatic rings. The molecule has 2 aromatic carbocycles. The summed E-state index contributed by atoms with van der Waals surface area (Å²) in [6.07, 6.45) is 12.5. The van der Waals surface area contributed by atoms with Crippen molar-refractivity contribution in [3.63, 3.8) is 0 Å². The number of nitrogens with zero attached hydrogens (tertiary/aromatic N) is 2. The van der Waals surface area contributed by atoms with Gasteiger partial charge in [0.2, 0.25) is 5.91 Å². The van der Waals surface area contributed by atoms with Crippen molar-refractivity contribution in [2.45, 2.75) is 127 Å². The molecule has 2 bridgehead atoms. The van der Waals surface area contributed by atoms with Crippen LogP contribution in [0.5, 0.6) is 11.5 Å². The molecule has 2 saturated carbocycles. The summed E-state index contributed by atoms with van der Waals surface area (Å²) in [5.74, 6) is 2.06. The predicted octanol–water partition coefficient (Wildman–Crippen LogP) is 6.39. The van der Waals surface area contributed by atoms with Crippen LogP contribution in [0, 0.1) is 11.8 Å². The second kappa shape index (κ2) is 12.0. The lowest BCUT2D eigenvalue weighted by Gasteiger charge is -2.65. The van der Waals surface area contributed by atoms with Crippen molar-refractivity contribution < 1.29 is 19.7 Å². The van der Waals surface area contributed by atoms with E-state index in [9.17, 15) is 15.0 Å². The number of aromatic hydroxyl groups is 1. The van der Waals surface area contributed by atoms with Crippen LogP contribution >= 0.6 is 0 Å². The fraction of sp³-hybridized carbons (Fsp3) is 0.658. The summed E-state index contributed by atoms with van der Waals surface area (Å²) in [5.41, 5.74) is 2.16. The Hall–Kier alpha value is -2.57. The van der Waals surface area contributed by atoms with Gasteiger partial charge in [0.05, 0.1) is 17.1 Å². The number of phenolic OH excluding ortho intramolecular Hbond substituents is 1. The quantitative estimate of drug-likeness (QED) is 0.261. The Bertz CT molecular complexity index is 1340. The molecule has 2 aromatic rings. The van der Waals surface area contributed by atoms with Crippen molar-refractivity contribution in [1.82, 2.24) is 9.80 Å². The summed E-state index contributed by atoms with van der Waals surface area (Å²) in [4.78, 5) is 18.7. The third-order valence-electron chi connectivity index (χ3n) is 11.7. The van der Waals surface area contributed by atoms with E-state index in [0.717, 1.165) is 69.5 Å². The van der Waals surface area contributed by atoms with Crippen LogP contribution in [0.4, 0.5) is 0 Å². The van der Waals surface area contributed by atoms with Crippen LogP contribution in [0.1, 0.15) is 101 Å². The first-order valence-electron chi connectivity index (χ1n) is 17.6. The van der Waals surface area contributed by atoms with E-state index in [1.54, 1.807) is 6.07 Å². The number of phenols is 1. The van der Waals surface area contributed by atoms with Crippen LogP contribution in [-0.2, 0) is 23.1 Å². The average molecular weight is 601 g/mol. The van der Waals surface area contributed by atoms with Gasteiger partial charge in [-0.05, 0) is 93.4 Å². The molecule has 1 spiro atoms. The molecule has 44 heavy (non-hydrogen) atoms. The SMILES string of the molecule is CC(C)CN(C(=O)CCCCCCCc1ccccc1)[C@@H]1CC[C@@]2(O)[C@H]3Cc4ccc(O)c5c4[C@@]2(CCN3CC2CC2)[C@H]1O5. The number of hydrogen-bond donors (Lipinski definition) is 2. The number of carbonyl (C=O) groups is 1. The Balaban J connectivity index is 1.07. The summed E-state index contributed by atoms with van der Waals surface area (Å²) in [7, 11) is 0. The topological polar surface area (TPSA) is 73.2 Å². The van der Waals surface area contributed by atoms with Crippen molar-refractivity contribution in [2.24, 2.45) is 11.8 Å². The van der Waals surface area contributed by atoms with E-state index >= 15 is 0 Å². The molecular formula is C38H52N2O4. The lowest BCUT2D eigenvalue weighted by molar-refractivity contribution is -0.202. The molecule has 6 heteroatoms. The first kappa shape index (κ1) is 30.1. The second-order valence-electron chi connectivity index (χ2n) is 15.1. The number of unbranched alkanes of at least 4 members (excludes halogenated alkanes) is 4. The maximum absolute atomic E-state index is 14.0. The predicted molar refractivity (Wildman–Crippen MR) is 173 cm³/mol. The molecule has 6 nitrogen and oxygen atoms in total. The molecule has 1 amide bonds. The Labute approximate surface area is 263 Å². The summed E-state index contributed by atoms with van der Waals surface area (Å²) in [6.45, 7) is 7.08. The van der Waals surface area contributed by atoms with E-state index in [4.69, 9.17) is 4.74 Å². The van der Waals surface area contributed by atoms with E-state index < -0.39 is 11.0 Å². The highest BCUT2D eigenvalue weighted by atomic mass is 16.5. The average Bonchev–Trinajstić information content (AvgIpc) is 3.75. The standard InChI is InChI=1S/C38H52N2O4/c1-26(2)24-40(33(42)14-10-5-3-4-7-11-27-12-8-6-9-13-27)30-19-20-38(43)32-23-29-17-18-31(41)35-34(29)37(38,36(30)44-35)21-22-39(32)25-28-15-16-28/h6,8-9,12-13,17-18,26,28,30,32,36,41,43H,3-5,7,10-11,14-16,19-25H2,1-2H3/t30-,32-,36+,37+,38-/m1/s1. The normalized spacial score (nSPS) is 30.2. The van der Waals surface area contributed by atoms with Crippen molar-refractivity contribution in [3.8, 4) is 11.5 Å². The van der Waals surface area contributed by atoms with E-state index in [1.807, 2.05) is 0 Å². The third-order valence-corrected chi connectivity index (χ3v) is 11.7. The molecule has 5 atom stereocenters. The van der Waals surface area contributed by atoms with Gasteiger partial charge in [-0.15, -0.1) is 0 Å². The summed E-state index contributed by atoms with van der Waals surface area (Å²) < 4.78 is 6.81. The van der Waals surface area contributed by atoms with Gasteiger partial charge in [0.1, 0.15) is 6.10 Å². The molecule has 0 aromatic heterocycles. The fourth-order valence-electron chi connectivity index (χ4n) is 9.51. The third kappa shape index (κ3) is 5.14. The van der Waals surface area contributed by atoms with Gasteiger partial charge in [-0.1, -0.05) is 69.5 Å². The van der Waals surface area contributed by atoms with Gasteiger partial charge >= 0.3 is 0 Å². The van der Waals surface area contributed by atoms with Crippen LogP contribution < -0.4 is 4.74 Å². The minimum atomic E-state index is -0.917. The zero-order valence-electron chi connectivity index (χ0n) is 26.8. The maximum Gasteiger partial charge on any atom is 0.222 e. The van der Waals surface area contributed by atoms with Crippen LogP contribution in [0.25, 0.3) is 0 Å². The van der Waals surface area contributed by atoms with Crippen molar-refractivity contribution in [1.29, 1.82) is 0 Å². The number of aryl methyl sites for hydroxylation is 1. The fourth-order valence-corrected chi connectivity index (χ4v) is 9.51. The van der Waals surface area contributed by atoms with E-state index in [-0.39, 0.29) is 29.8 Å². The molecule has 7 rings (SSSR count). The zero-order chi connectivity index (χ0) is 30.5. The number of ether oxygens (including phenoxy) is 1. The van der Waals surface area contributed by atoms with Crippen molar-refractivity contribution in [3.05, 3.63) is 59.2 Å². The van der Waals surface area contributed by atoms with Crippen LogP contribution in [0.2, 0.25) is 0 Å². The Morgan fingerprint density at radius 3 is 2.57 bits per heavy atom. The highest BCUT2D eigenvalue weighted by Gasteiger charge is 2.73. The van der Waals surface area contributed by atoms with Gasteiger partial charge in [-0.2, -0.15) is 0 Å². The summed E-state index contributed by atoms with van der Waals surface area (Å²) in [5, 5.41) is 23.9. The molecule has 0 unspecified atom stereocenters. The number of rotatable bonds is 13. The molecule has 2 heterocycles. The molecular weight excluding hydrogens is 548 g/mol. The molecule has 3 aliphatic carbocycles. The molecule has 2 aliphatic heterocycles. The van der Waals surface area contributed by atoms with E-state index in [0.29, 0.717) is 31.1 Å². The van der Waals surface area contributed by atoms with Crippen LogP contribution in [0.15, 0.2) is 42.5 Å². The van der Waals surface area contributed by atoms with E-state index in [2.05, 4.69) is 60.0 Å². The van der Waals surface area contributed by atoms with Crippen LogP contribution in [-0.4, -0.2) is 69.3 Å². The van der Waals surface area contributed by atoms with Crippen LogP contribution in [0.3, 0.4) is 0 Å². The first-order chi connectivity index (χ1) is 21.3. The van der Waals surface area contributed by atoms with Crippen molar-refractivity contribution in [2.75, 3.05) is 19.6 Å². The number of benzene rings is 2. The smallest absolute Gasteiger partial charge is 0.222 e. The lowest BCUT2D eigenvalue weighted by Crippen LogP contribution is -2.78. The molecule has 3 fully saturated rings. The van der Waals surface area contributed by atoms with Gasteiger partial charge in [0, 0.05) is 31.1 Å². The van der Waals surface area contributed by atoms with Gasteiger partial charge in [-0.25, -0.2) is 0 Å². The highest BCUT2D eigenvalue weighted by Crippen LogP contribution is 2.66. The maximum atomic E-state index is 14.0. The highest BCUT2D eigenvalue weighted by molar-refractivity contribution is 5.77. The minimum absolute atomic E-state index is 0.0584. The lowest BCUT2D eigenvalue weighted by atomic mass is 9.48. The van der Waals surface area contributed by atoms with Gasteiger partial charge in [0.15, 0.2) is 11.5 Å². The molecule has 2 N–H and O–H groups in total. The minimum Gasteiger partial charge on any atom is -0.504 e. The molecule has 0 radical (unpaired) electrons. The van der Waals surface area contributed by atoms with Gasteiger partial charge in [0.25, 0.3) is 0 Å². The number of hydrogen-bond acceptors (Lipinski definition) is 5. The van der Waals surface area contributed by atoms with Gasteiger partial charge in [-0.3, -0.25) is 9.69 Å². The second-order valence-corrected chi connectivity index (χ2v) is 15.1. The Morgan fingerprint density at radius 2 is 1.80 bits per heavy atom. The molecule has 238 valence electrons. The number of aliphatic hydroxyl groups is 1. The largest absolute Gasteiger partial charge is 0.504 e. The number of piperidine rings is 1. The molecule has 1 saturated heterocycles. The first-order valence-corrected chi connectivity index (χ1v) is 17.6. The Morgan fingerprint density at radius 1 is 1.02 bits per heavy atom. The number of likely N-dealkylation sites (tertiary alicyclic amines) is 1. The summed E-state index contributed by atoms with van der Waals surface area (Å²) >= 11 is 0. The van der Waals surface area contributed by atoms with Crippen molar-refractivity contribution >= 4 is 5.91 Å². The number of amides is 1. The number of carbonyl (C=O) groups excluding carboxylic acids is 1. The monoisotopic (exact) mass is 600 g/mol. The van der Waals surface area contributed by atoms with E-state index in [1.165, 1.54) is 36.8 Å². The Kier molecular flexibility index (Phi) is 8.20. The summed E-state index contributed by atoms with van der Waals surface area (Å²) in [6, 6.07) is 14.5. The zero-order valence-corrected chi connectivity index (χ0v) is 26.8.